The molecule has 0 aromatic heterocycles. The molecular formula is C15H12FNO3. The van der Waals surface area contributed by atoms with E-state index in [4.69, 9.17) is 5.11 Å². The quantitative estimate of drug-likeness (QED) is 0.837. The Morgan fingerprint density at radius 3 is 2.40 bits per heavy atom. The Morgan fingerprint density at radius 2 is 1.75 bits per heavy atom. The molecule has 20 heavy (non-hydrogen) atoms. The maximum atomic E-state index is 13.4. The number of rotatable bonds is 4. The lowest BCUT2D eigenvalue weighted by Gasteiger charge is -2.08. The van der Waals surface area contributed by atoms with Gasteiger partial charge in [-0.1, -0.05) is 6.07 Å². The highest BCUT2D eigenvalue weighted by molar-refractivity contribution is 5.95. The van der Waals surface area contributed by atoms with E-state index in [2.05, 4.69) is 5.32 Å². The number of carboxylic acids is 1. The summed E-state index contributed by atoms with van der Waals surface area (Å²) in [5, 5.41) is 11.8. The number of carbonyl (C=O) groups excluding carboxylic acids is 1. The first-order chi connectivity index (χ1) is 9.45. The molecule has 2 rings (SSSR count). The van der Waals surface area contributed by atoms with Crippen molar-refractivity contribution in [3.63, 3.8) is 0 Å². The summed E-state index contributed by atoms with van der Waals surface area (Å²) in [6.07, 6.45) is 0. The van der Waals surface area contributed by atoms with Crippen LogP contribution in [0.2, 0.25) is 0 Å². The van der Waals surface area contributed by atoms with Crippen molar-refractivity contribution in [2.24, 2.45) is 0 Å². The second-order valence-electron chi connectivity index (χ2n) is 4.30. The summed E-state index contributed by atoms with van der Waals surface area (Å²) in [6.45, 7) is 1.35. The number of benzene rings is 2. The van der Waals surface area contributed by atoms with Gasteiger partial charge in [0.1, 0.15) is 5.82 Å². The summed E-state index contributed by atoms with van der Waals surface area (Å²) in [5.74, 6) is -1.82. The average Bonchev–Trinajstić information content (AvgIpc) is 2.38. The molecule has 0 aliphatic heterocycles. The number of ketones is 1. The summed E-state index contributed by atoms with van der Waals surface area (Å²) in [6, 6.07) is 10.0. The van der Waals surface area contributed by atoms with Gasteiger partial charge in [0.15, 0.2) is 5.78 Å². The molecule has 0 aliphatic carbocycles. The molecule has 102 valence electrons. The third kappa shape index (κ3) is 3.20. The first-order valence-electron chi connectivity index (χ1n) is 5.87. The van der Waals surface area contributed by atoms with E-state index >= 15 is 0 Å². The van der Waals surface area contributed by atoms with Crippen LogP contribution < -0.4 is 5.32 Å². The molecule has 5 heteroatoms. The third-order valence-electron chi connectivity index (χ3n) is 2.70. The summed E-state index contributed by atoms with van der Waals surface area (Å²) < 4.78 is 13.4. The molecule has 0 heterocycles. The monoisotopic (exact) mass is 273 g/mol. The van der Waals surface area contributed by atoms with Gasteiger partial charge in [-0.2, -0.15) is 0 Å². The Labute approximate surface area is 114 Å². The second kappa shape index (κ2) is 5.52. The van der Waals surface area contributed by atoms with Crippen molar-refractivity contribution >= 4 is 23.1 Å². The number of hydrogen-bond acceptors (Lipinski definition) is 3. The molecule has 0 atom stereocenters. The minimum absolute atomic E-state index is 0.123. The molecule has 0 saturated carbocycles. The second-order valence-corrected chi connectivity index (χ2v) is 4.30. The van der Waals surface area contributed by atoms with Gasteiger partial charge < -0.3 is 10.4 Å². The van der Waals surface area contributed by atoms with E-state index in [1.165, 1.54) is 31.2 Å². The maximum absolute atomic E-state index is 13.4. The number of carboxylic acid groups (broad SMARTS) is 1. The molecular weight excluding hydrogens is 261 g/mol. The average molecular weight is 273 g/mol. The van der Waals surface area contributed by atoms with E-state index in [1.807, 2.05) is 0 Å². The molecule has 2 aromatic carbocycles. The zero-order valence-corrected chi connectivity index (χ0v) is 10.7. The van der Waals surface area contributed by atoms with Crippen LogP contribution in [-0.2, 0) is 0 Å². The van der Waals surface area contributed by atoms with Gasteiger partial charge in [-0.25, -0.2) is 9.18 Å². The van der Waals surface area contributed by atoms with Crippen molar-refractivity contribution in [2.75, 3.05) is 5.32 Å². The molecule has 4 nitrogen and oxygen atoms in total. The first kappa shape index (κ1) is 13.7. The van der Waals surface area contributed by atoms with Gasteiger partial charge in [-0.15, -0.1) is 0 Å². The number of aromatic carboxylic acids is 1. The number of Topliss-reactive ketones (excluding diaryl/α,β-unsaturated/α-hetero) is 1. The van der Waals surface area contributed by atoms with E-state index in [0.717, 1.165) is 6.07 Å². The van der Waals surface area contributed by atoms with E-state index in [-0.39, 0.29) is 16.9 Å². The highest BCUT2D eigenvalue weighted by Gasteiger charge is 2.07. The molecule has 0 spiro atoms. The molecule has 0 unspecified atom stereocenters. The minimum Gasteiger partial charge on any atom is -0.478 e. The zero-order valence-electron chi connectivity index (χ0n) is 10.7. The number of carbonyl (C=O) groups is 2. The number of nitrogens with one attached hydrogen (secondary N) is 1. The molecule has 2 aromatic rings. The maximum Gasteiger partial charge on any atom is 0.335 e. The largest absolute Gasteiger partial charge is 0.478 e. The van der Waals surface area contributed by atoms with E-state index in [1.54, 1.807) is 12.1 Å². The van der Waals surface area contributed by atoms with Gasteiger partial charge in [0.05, 0.1) is 5.56 Å². The van der Waals surface area contributed by atoms with Crippen LogP contribution in [0, 0.1) is 5.82 Å². The molecule has 0 bridgehead atoms. The van der Waals surface area contributed by atoms with Gasteiger partial charge in [0, 0.05) is 16.9 Å². The summed E-state index contributed by atoms with van der Waals surface area (Å²) in [5.41, 5.74) is 1.27. The molecule has 0 amide bonds. The van der Waals surface area contributed by atoms with E-state index in [0.29, 0.717) is 11.4 Å². The Hall–Kier alpha value is -2.69. The van der Waals surface area contributed by atoms with Gasteiger partial charge >= 0.3 is 5.97 Å². The lowest BCUT2D eigenvalue weighted by atomic mass is 10.1. The number of halogens is 1. The van der Waals surface area contributed by atoms with Gasteiger partial charge in [-0.3, -0.25) is 4.79 Å². The summed E-state index contributed by atoms with van der Waals surface area (Å²) >= 11 is 0. The van der Waals surface area contributed by atoms with Crippen LogP contribution >= 0.6 is 0 Å². The number of hydrogen-bond donors (Lipinski definition) is 2. The Balaban J connectivity index is 2.32. The number of anilines is 2. The van der Waals surface area contributed by atoms with Crippen LogP contribution in [0.25, 0.3) is 0 Å². The summed E-state index contributed by atoms with van der Waals surface area (Å²) in [7, 11) is 0. The molecule has 2 N–H and O–H groups in total. The van der Waals surface area contributed by atoms with Crippen molar-refractivity contribution < 1.29 is 19.1 Å². The molecule has 0 fully saturated rings. The zero-order chi connectivity index (χ0) is 14.7. The Bertz CT molecular complexity index is 683. The van der Waals surface area contributed by atoms with Crippen LogP contribution in [-0.4, -0.2) is 16.9 Å². The first-order valence-corrected chi connectivity index (χ1v) is 5.87. The molecule has 0 aliphatic rings. The third-order valence-corrected chi connectivity index (χ3v) is 2.70. The SMILES string of the molecule is CC(=O)c1cc(F)cc(Nc2cccc(C(=O)O)c2)c1. The van der Waals surface area contributed by atoms with Crippen LogP contribution in [0.3, 0.4) is 0 Å². The fraction of sp³-hybridized carbons (Fsp3) is 0.0667. The van der Waals surface area contributed by atoms with Crippen LogP contribution in [0.4, 0.5) is 15.8 Å². The fourth-order valence-electron chi connectivity index (χ4n) is 1.76. The van der Waals surface area contributed by atoms with Gasteiger partial charge in [-0.05, 0) is 43.3 Å². The smallest absolute Gasteiger partial charge is 0.335 e. The fourth-order valence-corrected chi connectivity index (χ4v) is 1.76. The van der Waals surface area contributed by atoms with Crippen LogP contribution in [0.15, 0.2) is 42.5 Å². The lowest BCUT2D eigenvalue weighted by molar-refractivity contribution is 0.0696. The van der Waals surface area contributed by atoms with Gasteiger partial charge in [0.2, 0.25) is 0 Å². The normalized spacial score (nSPS) is 10.1. The standard InChI is InChI=1S/C15H12FNO3/c1-9(18)11-5-12(16)8-14(7-11)17-13-4-2-3-10(6-13)15(19)20/h2-8,17H,1H3,(H,19,20). The van der Waals surface area contributed by atoms with Crippen molar-refractivity contribution in [1.29, 1.82) is 0 Å². The Morgan fingerprint density at radius 1 is 1.05 bits per heavy atom. The predicted octanol–water partition coefficient (Wildman–Crippen LogP) is 3.47. The van der Waals surface area contributed by atoms with Crippen LogP contribution in [0.1, 0.15) is 27.6 Å². The van der Waals surface area contributed by atoms with Crippen molar-refractivity contribution in [3.8, 4) is 0 Å². The van der Waals surface area contributed by atoms with Crippen molar-refractivity contribution in [2.45, 2.75) is 6.92 Å². The molecule has 0 saturated heterocycles. The highest BCUT2D eigenvalue weighted by Crippen LogP contribution is 2.20. The molecule has 0 radical (unpaired) electrons. The van der Waals surface area contributed by atoms with E-state index < -0.39 is 11.8 Å². The summed E-state index contributed by atoms with van der Waals surface area (Å²) in [4.78, 5) is 22.1. The minimum atomic E-state index is -1.04. The van der Waals surface area contributed by atoms with Gasteiger partial charge in [0.25, 0.3) is 0 Å². The van der Waals surface area contributed by atoms with Crippen molar-refractivity contribution in [3.05, 3.63) is 59.4 Å². The predicted molar refractivity (Wildman–Crippen MR) is 73.1 cm³/mol. The van der Waals surface area contributed by atoms with E-state index in [9.17, 15) is 14.0 Å². The lowest BCUT2D eigenvalue weighted by Crippen LogP contribution is -1.99. The van der Waals surface area contributed by atoms with Crippen LogP contribution in [0.5, 0.6) is 0 Å². The Kier molecular flexibility index (Phi) is 3.79. The topological polar surface area (TPSA) is 66.4 Å². The highest BCUT2D eigenvalue weighted by atomic mass is 19.1. The van der Waals surface area contributed by atoms with Crippen molar-refractivity contribution in [1.82, 2.24) is 0 Å².